The Balaban J connectivity index is 1.80. The van der Waals surface area contributed by atoms with Gasteiger partial charge in [0.15, 0.2) is 0 Å². The van der Waals surface area contributed by atoms with Crippen LogP contribution in [0.2, 0.25) is 0 Å². The van der Waals surface area contributed by atoms with E-state index in [-0.39, 0.29) is 17.7 Å². The van der Waals surface area contributed by atoms with E-state index >= 15 is 0 Å². The van der Waals surface area contributed by atoms with Gasteiger partial charge in [0.25, 0.3) is 0 Å². The maximum Gasteiger partial charge on any atom is 0.317 e. The number of morpholine rings is 1. The van der Waals surface area contributed by atoms with Crippen molar-refractivity contribution in [2.24, 2.45) is 5.92 Å². The molecule has 2 rings (SSSR count). The second-order valence-electron chi connectivity index (χ2n) is 6.31. The quantitative estimate of drug-likeness (QED) is 0.792. The lowest BCUT2D eigenvalue weighted by Crippen LogP contribution is -2.59. The fourth-order valence-electron chi connectivity index (χ4n) is 2.83. The summed E-state index contributed by atoms with van der Waals surface area (Å²) in [5.74, 6) is 0.492. The van der Waals surface area contributed by atoms with Crippen LogP contribution in [0, 0.1) is 5.92 Å². The van der Waals surface area contributed by atoms with Crippen molar-refractivity contribution in [3.05, 3.63) is 0 Å². The van der Waals surface area contributed by atoms with E-state index in [1.807, 2.05) is 4.90 Å². The average Bonchev–Trinajstić information content (AvgIpc) is 2.36. The SMILES string of the molecule is CC(C)CNC(=O)N1CCC2(CC1)CNCC(C)O2. The van der Waals surface area contributed by atoms with Gasteiger partial charge in [0.2, 0.25) is 0 Å². The monoisotopic (exact) mass is 269 g/mol. The van der Waals surface area contributed by atoms with Gasteiger partial charge in [-0.25, -0.2) is 4.79 Å². The first-order valence-electron chi connectivity index (χ1n) is 7.42. The lowest BCUT2D eigenvalue weighted by atomic mass is 9.89. The van der Waals surface area contributed by atoms with Crippen LogP contribution < -0.4 is 10.6 Å². The summed E-state index contributed by atoms with van der Waals surface area (Å²) in [6.07, 6.45) is 2.13. The standard InChI is InChI=1S/C14H27N3O2/c1-11(2)8-16-13(18)17-6-4-14(5-7-17)10-15-9-12(3)19-14/h11-12,15H,4-10H2,1-3H3,(H,16,18). The molecule has 110 valence electrons. The van der Waals surface area contributed by atoms with E-state index < -0.39 is 0 Å². The molecule has 0 aromatic carbocycles. The number of carbonyl (C=O) groups excluding carboxylic acids is 1. The van der Waals surface area contributed by atoms with Crippen molar-refractivity contribution < 1.29 is 9.53 Å². The van der Waals surface area contributed by atoms with Crippen molar-refractivity contribution in [1.29, 1.82) is 0 Å². The maximum atomic E-state index is 12.0. The molecule has 19 heavy (non-hydrogen) atoms. The van der Waals surface area contributed by atoms with Crippen molar-refractivity contribution in [2.75, 3.05) is 32.7 Å². The van der Waals surface area contributed by atoms with Crippen LogP contribution in [0.15, 0.2) is 0 Å². The molecule has 5 heteroatoms. The van der Waals surface area contributed by atoms with Crippen LogP contribution >= 0.6 is 0 Å². The number of amides is 2. The Morgan fingerprint density at radius 1 is 1.47 bits per heavy atom. The first kappa shape index (κ1) is 14.6. The van der Waals surface area contributed by atoms with E-state index in [0.29, 0.717) is 5.92 Å². The number of likely N-dealkylation sites (tertiary alicyclic amines) is 1. The van der Waals surface area contributed by atoms with Crippen LogP contribution in [-0.4, -0.2) is 55.4 Å². The lowest BCUT2D eigenvalue weighted by molar-refractivity contribution is -0.131. The Morgan fingerprint density at radius 3 is 2.74 bits per heavy atom. The highest BCUT2D eigenvalue weighted by Crippen LogP contribution is 2.29. The summed E-state index contributed by atoms with van der Waals surface area (Å²) in [6, 6.07) is 0.0698. The van der Waals surface area contributed by atoms with Crippen molar-refractivity contribution in [3.63, 3.8) is 0 Å². The Labute approximate surface area is 116 Å². The highest BCUT2D eigenvalue weighted by molar-refractivity contribution is 5.74. The molecule has 2 N–H and O–H groups in total. The minimum Gasteiger partial charge on any atom is -0.369 e. The van der Waals surface area contributed by atoms with E-state index in [1.54, 1.807) is 0 Å². The number of hydrogen-bond donors (Lipinski definition) is 2. The zero-order valence-corrected chi connectivity index (χ0v) is 12.4. The second kappa shape index (κ2) is 6.09. The van der Waals surface area contributed by atoms with Crippen molar-refractivity contribution in [3.8, 4) is 0 Å². The first-order valence-corrected chi connectivity index (χ1v) is 7.42. The molecule has 0 aliphatic carbocycles. The van der Waals surface area contributed by atoms with E-state index in [1.165, 1.54) is 0 Å². The molecule has 1 atom stereocenters. The van der Waals surface area contributed by atoms with Crippen molar-refractivity contribution >= 4 is 6.03 Å². The van der Waals surface area contributed by atoms with Crippen LogP contribution in [0.4, 0.5) is 4.79 Å². The Kier molecular flexibility index (Phi) is 4.68. The highest BCUT2D eigenvalue weighted by Gasteiger charge is 2.39. The van der Waals surface area contributed by atoms with Gasteiger partial charge >= 0.3 is 6.03 Å². The topological polar surface area (TPSA) is 53.6 Å². The summed E-state index contributed by atoms with van der Waals surface area (Å²) in [7, 11) is 0. The van der Waals surface area contributed by atoms with Crippen LogP contribution in [0.25, 0.3) is 0 Å². The number of carbonyl (C=O) groups is 1. The summed E-state index contributed by atoms with van der Waals surface area (Å²) < 4.78 is 6.12. The number of piperidine rings is 1. The molecule has 0 aromatic heterocycles. The van der Waals surface area contributed by atoms with Gasteiger partial charge in [-0.3, -0.25) is 0 Å². The second-order valence-corrected chi connectivity index (χ2v) is 6.31. The van der Waals surface area contributed by atoms with Gasteiger partial charge in [-0.2, -0.15) is 0 Å². The van der Waals surface area contributed by atoms with Gasteiger partial charge in [0, 0.05) is 32.7 Å². The zero-order chi connectivity index (χ0) is 13.9. The van der Waals surface area contributed by atoms with Gasteiger partial charge in [-0.1, -0.05) is 13.8 Å². The first-order chi connectivity index (χ1) is 9.01. The van der Waals surface area contributed by atoms with E-state index in [0.717, 1.165) is 45.6 Å². The number of nitrogens with zero attached hydrogens (tertiary/aromatic N) is 1. The molecule has 2 saturated heterocycles. The maximum absolute atomic E-state index is 12.0. The summed E-state index contributed by atoms with van der Waals surface area (Å²) in [4.78, 5) is 13.9. The number of hydrogen-bond acceptors (Lipinski definition) is 3. The van der Waals surface area contributed by atoms with Gasteiger partial charge < -0.3 is 20.3 Å². The van der Waals surface area contributed by atoms with Crippen LogP contribution in [0.3, 0.4) is 0 Å². The molecule has 0 radical (unpaired) electrons. The summed E-state index contributed by atoms with van der Waals surface area (Å²) >= 11 is 0. The van der Waals surface area contributed by atoms with Crippen molar-refractivity contribution in [1.82, 2.24) is 15.5 Å². The molecule has 1 unspecified atom stereocenters. The van der Waals surface area contributed by atoms with Gasteiger partial charge in [-0.15, -0.1) is 0 Å². The molecule has 1 spiro atoms. The van der Waals surface area contributed by atoms with Gasteiger partial charge in [-0.05, 0) is 25.7 Å². The third-order valence-electron chi connectivity index (χ3n) is 3.95. The molecule has 2 amide bonds. The smallest absolute Gasteiger partial charge is 0.317 e. The van der Waals surface area contributed by atoms with E-state index in [4.69, 9.17) is 4.74 Å². The lowest BCUT2D eigenvalue weighted by Gasteiger charge is -2.46. The molecular formula is C14H27N3O2. The fraction of sp³-hybridized carbons (Fsp3) is 0.929. The zero-order valence-electron chi connectivity index (χ0n) is 12.4. The molecule has 0 bridgehead atoms. The molecule has 2 heterocycles. The average molecular weight is 269 g/mol. The summed E-state index contributed by atoms with van der Waals surface area (Å²) in [6.45, 7) is 10.5. The molecule has 5 nitrogen and oxygen atoms in total. The normalized spacial score (nSPS) is 26.7. The Hall–Kier alpha value is -0.810. The van der Waals surface area contributed by atoms with E-state index in [2.05, 4.69) is 31.4 Å². The molecule has 0 aromatic rings. The minimum absolute atomic E-state index is 0.0491. The van der Waals surface area contributed by atoms with Crippen LogP contribution in [-0.2, 0) is 4.74 Å². The Morgan fingerprint density at radius 2 is 2.16 bits per heavy atom. The van der Waals surface area contributed by atoms with E-state index in [9.17, 15) is 4.79 Å². The molecular weight excluding hydrogens is 242 g/mol. The number of nitrogens with one attached hydrogen (secondary N) is 2. The van der Waals surface area contributed by atoms with Crippen LogP contribution in [0.1, 0.15) is 33.6 Å². The number of urea groups is 1. The minimum atomic E-state index is -0.0491. The predicted molar refractivity (Wildman–Crippen MR) is 75.2 cm³/mol. The Bertz CT molecular complexity index is 312. The predicted octanol–water partition coefficient (Wildman–Crippen LogP) is 1.19. The van der Waals surface area contributed by atoms with Gasteiger partial charge in [0.05, 0.1) is 11.7 Å². The number of ether oxygens (including phenoxy) is 1. The molecule has 2 aliphatic heterocycles. The largest absolute Gasteiger partial charge is 0.369 e. The molecule has 2 fully saturated rings. The highest BCUT2D eigenvalue weighted by atomic mass is 16.5. The third kappa shape index (κ3) is 3.83. The fourth-order valence-corrected chi connectivity index (χ4v) is 2.83. The number of rotatable bonds is 2. The molecule has 0 saturated carbocycles. The van der Waals surface area contributed by atoms with Crippen molar-refractivity contribution in [2.45, 2.75) is 45.3 Å². The molecule has 2 aliphatic rings. The summed E-state index contributed by atoms with van der Waals surface area (Å²) in [5, 5.41) is 6.42. The van der Waals surface area contributed by atoms with Gasteiger partial charge in [0.1, 0.15) is 0 Å². The van der Waals surface area contributed by atoms with Crippen LogP contribution in [0.5, 0.6) is 0 Å². The third-order valence-corrected chi connectivity index (χ3v) is 3.95. The summed E-state index contributed by atoms with van der Waals surface area (Å²) in [5.41, 5.74) is -0.0491.